The Morgan fingerprint density at radius 3 is 2.06 bits per heavy atom. The minimum atomic E-state index is -5.24. The van der Waals surface area contributed by atoms with Crippen LogP contribution in [0.1, 0.15) is 75.4 Å². The van der Waals surface area contributed by atoms with E-state index in [4.69, 9.17) is 28.0 Å². The van der Waals surface area contributed by atoms with Crippen molar-refractivity contribution in [3.63, 3.8) is 0 Å². The molecule has 6 atom stereocenters. The molecule has 1 unspecified atom stereocenters. The Morgan fingerprint density at radius 2 is 1.54 bits per heavy atom. The highest BCUT2D eigenvalue weighted by molar-refractivity contribution is 7.44. The van der Waals surface area contributed by atoms with Crippen LogP contribution in [0.15, 0.2) is 94.6 Å². The van der Waals surface area contributed by atoms with Gasteiger partial charge in [0.25, 0.3) is 14.1 Å². The molecule has 1 saturated heterocycles. The smallest absolute Gasteiger partial charge is 0.471 e. The van der Waals surface area contributed by atoms with Crippen molar-refractivity contribution in [3.8, 4) is 17.6 Å². The lowest BCUT2D eigenvalue weighted by atomic mass is 9.74. The van der Waals surface area contributed by atoms with Crippen molar-refractivity contribution in [2.75, 3.05) is 27.4 Å². The molecule has 4 aromatic rings. The van der Waals surface area contributed by atoms with Crippen LogP contribution >= 0.6 is 8.53 Å². The van der Waals surface area contributed by atoms with Crippen LogP contribution in [0.25, 0.3) is 0 Å². The molecular formula is C45H53F3N5O9P. The second-order valence-corrected chi connectivity index (χ2v) is 17.5. The highest BCUT2D eigenvalue weighted by Gasteiger charge is 2.64. The van der Waals surface area contributed by atoms with Gasteiger partial charge in [-0.2, -0.15) is 18.4 Å². The lowest BCUT2D eigenvalue weighted by molar-refractivity contribution is -0.176. The lowest BCUT2D eigenvalue weighted by Gasteiger charge is -2.46. The average Bonchev–Trinajstić information content (AvgIpc) is 3.46. The van der Waals surface area contributed by atoms with E-state index in [1.807, 2.05) is 87.0 Å². The normalized spacial score (nSPS) is 21.7. The summed E-state index contributed by atoms with van der Waals surface area (Å²) in [4.78, 5) is 41.5. The first kappa shape index (κ1) is 47.4. The number of methoxy groups -OCH3 is 2. The number of aryl methyl sites for hydroxylation is 1. The van der Waals surface area contributed by atoms with Gasteiger partial charge in [-0.25, -0.2) is 9.46 Å². The minimum Gasteiger partial charge on any atom is -0.497 e. The van der Waals surface area contributed by atoms with E-state index in [9.17, 15) is 32.8 Å². The molecule has 6 rings (SSSR count). The Bertz CT molecular complexity index is 2280. The molecule has 18 heteroatoms. The highest BCUT2D eigenvalue weighted by atomic mass is 31.2. The summed E-state index contributed by atoms with van der Waals surface area (Å²) in [6, 6.07) is 24.6. The summed E-state index contributed by atoms with van der Waals surface area (Å²) in [5.41, 5.74) is -2.25. The van der Waals surface area contributed by atoms with Gasteiger partial charge in [-0.3, -0.25) is 19.1 Å². The Morgan fingerprint density at radius 1 is 0.968 bits per heavy atom. The second kappa shape index (κ2) is 19.8. The van der Waals surface area contributed by atoms with Crippen LogP contribution < -0.4 is 26.0 Å². The van der Waals surface area contributed by atoms with E-state index in [-0.39, 0.29) is 50.1 Å². The molecule has 2 heterocycles. The molecule has 1 saturated carbocycles. The number of aromatic amines is 1. The Labute approximate surface area is 365 Å². The topological polar surface area (TPSA) is 166 Å². The number of fused-ring (bicyclic) bond motifs is 2. The molecular weight excluding hydrogens is 842 g/mol. The Balaban J connectivity index is 1.59. The van der Waals surface area contributed by atoms with E-state index in [1.54, 1.807) is 38.5 Å². The van der Waals surface area contributed by atoms with Crippen molar-refractivity contribution < 1.29 is 46.0 Å². The maximum absolute atomic E-state index is 14.0. The zero-order chi connectivity index (χ0) is 45.7. The lowest BCUT2D eigenvalue weighted by Crippen LogP contribution is -2.59. The first-order chi connectivity index (χ1) is 30.0. The van der Waals surface area contributed by atoms with Gasteiger partial charge >= 0.3 is 17.8 Å². The van der Waals surface area contributed by atoms with Crippen LogP contribution in [-0.2, 0) is 28.9 Å². The SMILES string of the molecule is COc1ccc(C(OC[C@@]23CC[C@@H](NC(=O)C(F)(F)F)[C@@H]([C@H](n4cc(C)c(=O)[nH]c4=O)O2)[C@@H]3OP(OCCC#N)N(C(C)C)C(C)C)(c2ccccc2)c2ccc(OC)cc2)cc1. The number of carbonyl (C=O) groups excluding carboxylic acids is 1. The van der Waals surface area contributed by atoms with Gasteiger partial charge in [0.05, 0.1) is 45.8 Å². The number of hydrogen-bond donors (Lipinski definition) is 2. The quantitative estimate of drug-likeness (QED) is 0.0587. The van der Waals surface area contributed by atoms with E-state index >= 15 is 0 Å². The van der Waals surface area contributed by atoms with E-state index in [0.29, 0.717) is 28.2 Å². The third-order valence-corrected chi connectivity index (χ3v) is 13.6. The van der Waals surface area contributed by atoms with Crippen molar-refractivity contribution in [1.29, 1.82) is 5.26 Å². The number of carbonyl (C=O) groups is 1. The number of benzene rings is 3. The number of nitriles is 1. The largest absolute Gasteiger partial charge is 0.497 e. The number of halogens is 3. The predicted molar refractivity (Wildman–Crippen MR) is 228 cm³/mol. The first-order valence-electron chi connectivity index (χ1n) is 20.6. The van der Waals surface area contributed by atoms with Gasteiger partial charge in [-0.1, -0.05) is 54.6 Å². The molecule has 3 aromatic carbocycles. The number of hydrogen-bond acceptors (Lipinski definition) is 11. The van der Waals surface area contributed by atoms with Crippen LogP contribution in [0.5, 0.6) is 11.5 Å². The monoisotopic (exact) mass is 895 g/mol. The summed E-state index contributed by atoms with van der Waals surface area (Å²) in [5.74, 6) is -2.17. The van der Waals surface area contributed by atoms with E-state index in [0.717, 1.165) is 4.57 Å². The molecule has 338 valence electrons. The Hall–Kier alpha value is -5.08. The van der Waals surface area contributed by atoms with Gasteiger partial charge < -0.3 is 33.3 Å². The molecule has 63 heavy (non-hydrogen) atoms. The summed E-state index contributed by atoms with van der Waals surface area (Å²) < 4.78 is 84.1. The number of aromatic nitrogens is 2. The summed E-state index contributed by atoms with van der Waals surface area (Å²) in [7, 11) is 1.03. The Kier molecular flexibility index (Phi) is 14.9. The van der Waals surface area contributed by atoms with E-state index in [2.05, 4.69) is 16.4 Å². The fourth-order valence-electron chi connectivity index (χ4n) is 8.58. The van der Waals surface area contributed by atoms with Gasteiger partial charge in [0, 0.05) is 29.9 Å². The van der Waals surface area contributed by atoms with Gasteiger partial charge in [0.2, 0.25) is 0 Å². The predicted octanol–water partition coefficient (Wildman–Crippen LogP) is 7.26. The second-order valence-electron chi connectivity index (χ2n) is 16.1. The van der Waals surface area contributed by atoms with E-state index < -0.39 is 67.4 Å². The number of amides is 1. The standard InChI is InChI=1S/C45H53F3N5O9P/c1-28(2)53(29(3)4)63(60-25-11-24-49)62-38-37-36(50-41(55)45(46,47)48)22-23-43(38,61-40(37)52-26-30(5)39(54)51-42(52)56)27-59-44(31-12-9-8-10-13-31,32-14-18-34(57-6)19-15-32)33-16-20-35(58-7)21-17-33/h8-10,12-21,26,28-29,36-38,40H,11,22-23,25,27H2,1-7H3,(H,50,55)(H,51,54,56)/t36-,37-,38+,40-,43-,63?/m1/s1. The summed E-state index contributed by atoms with van der Waals surface area (Å²) in [6.45, 7) is 8.93. The summed E-state index contributed by atoms with van der Waals surface area (Å²) in [6.07, 6.45) is -6.61. The molecule has 2 bridgehead atoms. The maximum Gasteiger partial charge on any atom is 0.471 e. The third kappa shape index (κ3) is 9.87. The number of rotatable bonds is 18. The van der Waals surface area contributed by atoms with Gasteiger partial charge in [-0.05, 0) is 88.4 Å². The third-order valence-electron chi connectivity index (χ3n) is 11.5. The summed E-state index contributed by atoms with van der Waals surface area (Å²) >= 11 is 0. The fraction of sp³-hybridized carbons (Fsp3) is 0.467. The molecule has 0 radical (unpaired) electrons. The molecule has 14 nitrogen and oxygen atoms in total. The van der Waals surface area contributed by atoms with Crippen molar-refractivity contribution in [2.45, 2.75) is 102 Å². The van der Waals surface area contributed by atoms with Crippen molar-refractivity contribution >= 4 is 14.4 Å². The summed E-state index contributed by atoms with van der Waals surface area (Å²) in [5, 5.41) is 11.7. The van der Waals surface area contributed by atoms with Crippen molar-refractivity contribution in [2.24, 2.45) is 5.92 Å². The first-order valence-corrected chi connectivity index (χ1v) is 21.7. The van der Waals surface area contributed by atoms with Gasteiger partial charge in [0.15, 0.2) is 0 Å². The van der Waals surface area contributed by atoms with Gasteiger partial charge in [-0.15, -0.1) is 0 Å². The van der Waals surface area contributed by atoms with Crippen LogP contribution in [0.2, 0.25) is 0 Å². The fourth-order valence-corrected chi connectivity index (χ4v) is 10.4. The van der Waals surface area contributed by atoms with Crippen LogP contribution in [-0.4, -0.2) is 83.6 Å². The zero-order valence-corrected chi connectivity index (χ0v) is 37.1. The highest BCUT2D eigenvalue weighted by Crippen LogP contribution is 2.59. The number of ether oxygens (including phenoxy) is 4. The zero-order valence-electron chi connectivity index (χ0n) is 36.2. The molecule has 2 fully saturated rings. The molecule has 2 N–H and O–H groups in total. The average molecular weight is 896 g/mol. The van der Waals surface area contributed by atoms with E-state index in [1.165, 1.54) is 13.1 Å². The number of nitrogens with zero attached hydrogens (tertiary/aromatic N) is 3. The van der Waals surface area contributed by atoms with Crippen LogP contribution in [0.3, 0.4) is 0 Å². The van der Waals surface area contributed by atoms with Crippen LogP contribution in [0.4, 0.5) is 13.2 Å². The van der Waals surface area contributed by atoms with Gasteiger partial charge in [0.1, 0.15) is 35.0 Å². The molecule has 1 aromatic heterocycles. The number of alkyl halides is 3. The molecule has 1 amide bonds. The molecule has 1 aliphatic heterocycles. The molecule has 1 aliphatic carbocycles. The van der Waals surface area contributed by atoms with Crippen molar-refractivity contribution in [1.82, 2.24) is 19.5 Å². The number of nitrogens with one attached hydrogen (secondary N) is 2. The molecule has 2 aliphatic rings. The minimum absolute atomic E-state index is 0.0212. The molecule has 0 spiro atoms. The van der Waals surface area contributed by atoms with Crippen molar-refractivity contribution in [3.05, 3.63) is 128 Å². The number of H-pyrrole nitrogens is 1. The van der Waals surface area contributed by atoms with Crippen LogP contribution in [0, 0.1) is 24.2 Å². The maximum atomic E-state index is 14.0.